The van der Waals surface area contributed by atoms with Gasteiger partial charge >= 0.3 is 5.97 Å². The number of fused-ring (bicyclic) bond motifs is 1. The minimum Gasteiger partial charge on any atom is -0.486 e. The summed E-state index contributed by atoms with van der Waals surface area (Å²) < 4.78 is 42.7. The molecule has 9 heteroatoms. The van der Waals surface area contributed by atoms with Crippen LogP contribution in [0.25, 0.3) is 0 Å². The highest BCUT2D eigenvalue weighted by molar-refractivity contribution is 7.92. The van der Waals surface area contributed by atoms with Crippen LogP contribution in [0.15, 0.2) is 47.4 Å². The molecule has 0 atom stereocenters. The SMILES string of the molecule is COC(=O)CN(c1cccc(Cl)c1)S(=O)(=O)c1ccc2c(c1)OCCO2. The summed E-state index contributed by atoms with van der Waals surface area (Å²) in [5, 5.41) is 0.342. The quantitative estimate of drug-likeness (QED) is 0.721. The molecule has 0 unspecified atom stereocenters. The van der Waals surface area contributed by atoms with Crippen molar-refractivity contribution in [3.63, 3.8) is 0 Å². The second-order valence-electron chi connectivity index (χ2n) is 5.37. The molecule has 1 aliphatic rings. The molecule has 7 nitrogen and oxygen atoms in total. The molecule has 1 heterocycles. The number of sulfonamides is 1. The maximum Gasteiger partial charge on any atom is 0.326 e. The average molecular weight is 398 g/mol. The van der Waals surface area contributed by atoms with Gasteiger partial charge in [0.2, 0.25) is 0 Å². The number of esters is 1. The standard InChI is InChI=1S/C17H16ClNO6S/c1-23-17(20)11-19(13-4-2-3-12(18)9-13)26(21,22)14-5-6-15-16(10-14)25-8-7-24-15/h2-6,9-10H,7-8,11H2,1H3. The Balaban J connectivity index is 2.05. The monoisotopic (exact) mass is 397 g/mol. The molecular formula is C17H16ClNO6S. The van der Waals surface area contributed by atoms with Crippen molar-refractivity contribution in [2.75, 3.05) is 31.2 Å². The maximum atomic E-state index is 13.2. The summed E-state index contributed by atoms with van der Waals surface area (Å²) in [5.41, 5.74) is 0.248. The number of methoxy groups -OCH3 is 1. The van der Waals surface area contributed by atoms with Crippen LogP contribution < -0.4 is 13.8 Å². The van der Waals surface area contributed by atoms with Crippen LogP contribution in [0.1, 0.15) is 0 Å². The van der Waals surface area contributed by atoms with Crippen molar-refractivity contribution in [2.24, 2.45) is 0 Å². The third-order valence-electron chi connectivity index (χ3n) is 3.70. The summed E-state index contributed by atoms with van der Waals surface area (Å²) in [7, 11) is -2.88. The Labute approximate surface area is 156 Å². The molecule has 0 spiro atoms. The third kappa shape index (κ3) is 3.71. The fourth-order valence-corrected chi connectivity index (χ4v) is 4.04. The summed E-state index contributed by atoms with van der Waals surface area (Å²) >= 11 is 5.98. The number of rotatable bonds is 5. The number of anilines is 1. The molecule has 0 fully saturated rings. The largest absolute Gasteiger partial charge is 0.486 e. The topological polar surface area (TPSA) is 82.1 Å². The van der Waals surface area contributed by atoms with Gasteiger partial charge in [-0.3, -0.25) is 9.10 Å². The molecule has 1 aliphatic heterocycles. The van der Waals surface area contributed by atoms with E-state index in [2.05, 4.69) is 4.74 Å². The molecule has 26 heavy (non-hydrogen) atoms. The zero-order valence-corrected chi connectivity index (χ0v) is 15.4. The van der Waals surface area contributed by atoms with Crippen LogP contribution in [0.2, 0.25) is 5.02 Å². The van der Waals surface area contributed by atoms with E-state index in [0.717, 1.165) is 4.31 Å². The Kier molecular flexibility index (Phi) is 5.24. The number of benzene rings is 2. The van der Waals surface area contributed by atoms with Gasteiger partial charge in [-0.1, -0.05) is 17.7 Å². The van der Waals surface area contributed by atoms with Gasteiger partial charge in [-0.15, -0.1) is 0 Å². The molecule has 2 aromatic rings. The van der Waals surface area contributed by atoms with Crippen molar-refractivity contribution in [3.05, 3.63) is 47.5 Å². The van der Waals surface area contributed by atoms with Crippen molar-refractivity contribution in [1.29, 1.82) is 0 Å². The van der Waals surface area contributed by atoms with Crippen molar-refractivity contribution in [3.8, 4) is 11.5 Å². The van der Waals surface area contributed by atoms with Crippen LogP contribution in [-0.2, 0) is 19.6 Å². The fourth-order valence-electron chi connectivity index (χ4n) is 2.44. The number of hydrogen-bond acceptors (Lipinski definition) is 6. The van der Waals surface area contributed by atoms with Crippen LogP contribution in [0.4, 0.5) is 5.69 Å². The van der Waals surface area contributed by atoms with Crippen LogP contribution in [-0.4, -0.2) is 41.3 Å². The minimum absolute atomic E-state index is 0.0365. The van der Waals surface area contributed by atoms with E-state index in [1.807, 2.05) is 0 Å². The molecule has 0 aromatic heterocycles. The van der Waals surface area contributed by atoms with E-state index >= 15 is 0 Å². The first-order valence-corrected chi connectivity index (χ1v) is 9.48. The summed E-state index contributed by atoms with van der Waals surface area (Å²) in [6.07, 6.45) is 0. The molecule has 0 saturated heterocycles. The lowest BCUT2D eigenvalue weighted by Gasteiger charge is -2.25. The molecule has 0 bridgehead atoms. The van der Waals surface area contributed by atoms with Crippen LogP contribution in [0, 0.1) is 0 Å². The van der Waals surface area contributed by atoms with Crippen LogP contribution in [0.3, 0.4) is 0 Å². The van der Waals surface area contributed by atoms with Gasteiger partial charge in [0.25, 0.3) is 10.0 Å². The van der Waals surface area contributed by atoms with Crippen molar-refractivity contribution in [2.45, 2.75) is 4.90 Å². The zero-order chi connectivity index (χ0) is 18.7. The van der Waals surface area contributed by atoms with E-state index in [9.17, 15) is 13.2 Å². The van der Waals surface area contributed by atoms with Crippen LogP contribution in [0.5, 0.6) is 11.5 Å². The van der Waals surface area contributed by atoms with Crippen molar-refractivity contribution < 1.29 is 27.4 Å². The lowest BCUT2D eigenvalue weighted by atomic mass is 10.3. The number of nitrogens with zero attached hydrogens (tertiary/aromatic N) is 1. The first-order chi connectivity index (χ1) is 12.4. The number of carbonyl (C=O) groups excluding carboxylic acids is 1. The van der Waals surface area contributed by atoms with Crippen molar-refractivity contribution in [1.82, 2.24) is 0 Å². The molecule has 138 valence electrons. The highest BCUT2D eigenvalue weighted by atomic mass is 35.5. The summed E-state index contributed by atoms with van der Waals surface area (Å²) in [5.74, 6) is 0.102. The number of carbonyl (C=O) groups is 1. The predicted molar refractivity (Wildman–Crippen MR) is 95.4 cm³/mol. The van der Waals surface area contributed by atoms with Gasteiger partial charge in [0.1, 0.15) is 19.8 Å². The molecule has 0 N–H and O–H groups in total. The van der Waals surface area contributed by atoms with Gasteiger partial charge in [-0.25, -0.2) is 8.42 Å². The number of halogens is 1. The third-order valence-corrected chi connectivity index (χ3v) is 5.70. The first kappa shape index (κ1) is 18.3. The fraction of sp³-hybridized carbons (Fsp3) is 0.235. The molecular weight excluding hydrogens is 382 g/mol. The summed E-state index contributed by atoms with van der Waals surface area (Å²) in [6, 6.07) is 10.5. The van der Waals surface area contributed by atoms with E-state index < -0.39 is 22.5 Å². The molecule has 2 aromatic carbocycles. The molecule has 0 aliphatic carbocycles. The first-order valence-electron chi connectivity index (χ1n) is 7.66. The van der Waals surface area contributed by atoms with Gasteiger partial charge < -0.3 is 14.2 Å². The minimum atomic E-state index is -4.07. The van der Waals surface area contributed by atoms with Crippen molar-refractivity contribution >= 4 is 33.3 Å². The highest BCUT2D eigenvalue weighted by Gasteiger charge is 2.29. The Hall–Kier alpha value is -2.45. The lowest BCUT2D eigenvalue weighted by Crippen LogP contribution is -2.36. The van der Waals surface area contributed by atoms with Gasteiger partial charge in [0.05, 0.1) is 17.7 Å². The molecule has 0 radical (unpaired) electrons. The Morgan fingerprint density at radius 3 is 2.58 bits per heavy atom. The Morgan fingerprint density at radius 2 is 1.88 bits per heavy atom. The van der Waals surface area contributed by atoms with E-state index in [-0.39, 0.29) is 10.6 Å². The number of hydrogen-bond donors (Lipinski definition) is 0. The van der Waals surface area contributed by atoms with E-state index in [1.165, 1.54) is 31.4 Å². The van der Waals surface area contributed by atoms with Gasteiger partial charge in [-0.2, -0.15) is 0 Å². The maximum absolute atomic E-state index is 13.2. The lowest BCUT2D eigenvalue weighted by molar-refractivity contribution is -0.138. The molecule has 0 amide bonds. The van der Waals surface area contributed by atoms with Gasteiger partial charge in [-0.05, 0) is 30.3 Å². The summed E-state index contributed by atoms with van der Waals surface area (Å²) in [4.78, 5) is 11.7. The summed E-state index contributed by atoms with van der Waals surface area (Å²) in [6.45, 7) is 0.236. The van der Waals surface area contributed by atoms with E-state index in [1.54, 1.807) is 18.2 Å². The normalized spacial score (nSPS) is 13.2. The smallest absolute Gasteiger partial charge is 0.326 e. The number of ether oxygens (including phenoxy) is 3. The van der Waals surface area contributed by atoms with E-state index in [4.69, 9.17) is 21.1 Å². The van der Waals surface area contributed by atoms with Gasteiger partial charge in [0.15, 0.2) is 11.5 Å². The molecule has 0 saturated carbocycles. The average Bonchev–Trinajstić information content (AvgIpc) is 2.65. The second kappa shape index (κ2) is 7.43. The Morgan fingerprint density at radius 1 is 1.15 bits per heavy atom. The Bertz CT molecular complexity index is 931. The van der Waals surface area contributed by atoms with Gasteiger partial charge in [0, 0.05) is 11.1 Å². The van der Waals surface area contributed by atoms with E-state index in [0.29, 0.717) is 29.7 Å². The van der Waals surface area contributed by atoms with Crippen LogP contribution >= 0.6 is 11.6 Å². The zero-order valence-electron chi connectivity index (χ0n) is 13.8. The highest BCUT2D eigenvalue weighted by Crippen LogP contribution is 2.34. The predicted octanol–water partition coefficient (Wildman–Crippen LogP) is 2.48. The second-order valence-corrected chi connectivity index (χ2v) is 7.67. The molecule has 3 rings (SSSR count).